The van der Waals surface area contributed by atoms with E-state index in [9.17, 15) is 14.0 Å². The van der Waals surface area contributed by atoms with Crippen molar-refractivity contribution in [3.63, 3.8) is 0 Å². The number of nitrogens with zero attached hydrogens (tertiary/aromatic N) is 1. The Labute approximate surface area is 106 Å². The zero-order valence-corrected chi connectivity index (χ0v) is 9.48. The van der Waals surface area contributed by atoms with Crippen molar-refractivity contribution < 1.29 is 19.1 Å². The topological polar surface area (TPSA) is 107 Å². The lowest BCUT2D eigenvalue weighted by Crippen LogP contribution is -2.19. The summed E-state index contributed by atoms with van der Waals surface area (Å²) >= 11 is 0. The molecule has 19 heavy (non-hydrogen) atoms. The molecule has 4 N–H and O–H groups in total. The van der Waals surface area contributed by atoms with E-state index in [1.54, 1.807) is 0 Å². The van der Waals surface area contributed by atoms with Crippen LogP contribution >= 0.6 is 0 Å². The van der Waals surface area contributed by atoms with E-state index in [1.807, 2.05) is 0 Å². The predicted octanol–water partition coefficient (Wildman–Crippen LogP) is 1.89. The number of anilines is 2. The Morgan fingerprint density at radius 1 is 1.26 bits per heavy atom. The first kappa shape index (κ1) is 12.6. The number of amides is 2. The first-order valence-electron chi connectivity index (χ1n) is 5.17. The number of carboxylic acid groups (broad SMARTS) is 1. The lowest BCUT2D eigenvalue weighted by molar-refractivity contribution is 0.0690. The number of halogens is 1. The summed E-state index contributed by atoms with van der Waals surface area (Å²) in [6, 6.07) is 5.85. The number of benzene rings is 1. The molecule has 8 heteroatoms. The Bertz CT molecular complexity index is 626. The van der Waals surface area contributed by atoms with Crippen molar-refractivity contribution in [1.29, 1.82) is 0 Å². The Hall–Kier alpha value is -2.90. The van der Waals surface area contributed by atoms with Crippen LogP contribution in [0.2, 0.25) is 0 Å². The average molecular weight is 264 g/mol. The number of aromatic amines is 1. The number of urea groups is 1. The van der Waals surface area contributed by atoms with Crippen molar-refractivity contribution in [1.82, 2.24) is 10.2 Å². The van der Waals surface area contributed by atoms with Gasteiger partial charge in [-0.05, 0) is 18.2 Å². The number of carboxylic acids is 1. The summed E-state index contributed by atoms with van der Waals surface area (Å²) in [6.07, 6.45) is 0. The fourth-order valence-corrected chi connectivity index (χ4v) is 1.34. The van der Waals surface area contributed by atoms with Crippen LogP contribution in [0.4, 0.5) is 20.7 Å². The molecule has 2 amide bonds. The smallest absolute Gasteiger partial charge is 0.353 e. The summed E-state index contributed by atoms with van der Waals surface area (Å²) in [4.78, 5) is 22.1. The molecular weight excluding hydrogens is 255 g/mol. The van der Waals surface area contributed by atoms with Crippen molar-refractivity contribution in [3.8, 4) is 0 Å². The molecule has 1 aromatic carbocycles. The molecule has 2 rings (SSSR count). The minimum Gasteiger partial charge on any atom is -0.477 e. The number of carbonyl (C=O) groups is 2. The molecule has 0 aliphatic heterocycles. The van der Waals surface area contributed by atoms with E-state index in [-0.39, 0.29) is 17.2 Å². The van der Waals surface area contributed by atoms with Gasteiger partial charge in [-0.25, -0.2) is 14.0 Å². The fourth-order valence-electron chi connectivity index (χ4n) is 1.34. The minimum atomic E-state index is -1.19. The summed E-state index contributed by atoms with van der Waals surface area (Å²) in [5.74, 6) is -1.62. The largest absolute Gasteiger partial charge is 0.477 e. The summed E-state index contributed by atoms with van der Waals surface area (Å²) in [6.45, 7) is 0. The SMILES string of the molecule is O=C(Nc1cccc(F)c1)Nc1cc(C(=O)O)[nH]n1. The zero-order chi connectivity index (χ0) is 13.8. The van der Waals surface area contributed by atoms with E-state index in [2.05, 4.69) is 20.8 Å². The van der Waals surface area contributed by atoms with E-state index < -0.39 is 17.8 Å². The Kier molecular flexibility index (Phi) is 3.42. The first-order chi connectivity index (χ1) is 9.04. The van der Waals surface area contributed by atoms with Crippen LogP contribution in [0.3, 0.4) is 0 Å². The average Bonchev–Trinajstić information content (AvgIpc) is 2.77. The number of hydrogen-bond donors (Lipinski definition) is 4. The third kappa shape index (κ3) is 3.28. The van der Waals surface area contributed by atoms with Crippen LogP contribution < -0.4 is 10.6 Å². The Morgan fingerprint density at radius 3 is 2.68 bits per heavy atom. The highest BCUT2D eigenvalue weighted by Gasteiger charge is 2.10. The van der Waals surface area contributed by atoms with Gasteiger partial charge in [-0.1, -0.05) is 6.07 Å². The number of hydrogen-bond acceptors (Lipinski definition) is 3. The highest BCUT2D eigenvalue weighted by atomic mass is 19.1. The number of aromatic carboxylic acids is 1. The van der Waals surface area contributed by atoms with Crippen molar-refractivity contribution >= 4 is 23.5 Å². The van der Waals surface area contributed by atoms with E-state index in [4.69, 9.17) is 5.11 Å². The Balaban J connectivity index is 1.99. The van der Waals surface area contributed by atoms with Crippen molar-refractivity contribution in [2.45, 2.75) is 0 Å². The van der Waals surface area contributed by atoms with Gasteiger partial charge >= 0.3 is 12.0 Å². The zero-order valence-electron chi connectivity index (χ0n) is 9.48. The van der Waals surface area contributed by atoms with Crippen LogP contribution in [0.5, 0.6) is 0 Å². The van der Waals surface area contributed by atoms with E-state index in [1.165, 1.54) is 18.2 Å². The number of H-pyrrole nitrogens is 1. The molecule has 0 bridgehead atoms. The third-order valence-electron chi connectivity index (χ3n) is 2.13. The van der Waals surface area contributed by atoms with Gasteiger partial charge in [0.05, 0.1) is 0 Å². The van der Waals surface area contributed by atoms with Crippen molar-refractivity contribution in [2.24, 2.45) is 0 Å². The number of rotatable bonds is 3. The van der Waals surface area contributed by atoms with Crippen LogP contribution in [0.1, 0.15) is 10.5 Å². The van der Waals surface area contributed by atoms with Gasteiger partial charge in [-0.15, -0.1) is 0 Å². The maximum absolute atomic E-state index is 12.9. The van der Waals surface area contributed by atoms with Gasteiger partial charge in [0.25, 0.3) is 0 Å². The standard InChI is InChI=1S/C11H9FN4O3/c12-6-2-1-3-7(4-6)13-11(19)14-9-5-8(10(17)18)15-16-9/h1-5H,(H,17,18)(H3,13,14,15,16,19). The molecule has 0 saturated heterocycles. The highest BCUT2D eigenvalue weighted by molar-refractivity contribution is 5.99. The van der Waals surface area contributed by atoms with Gasteiger partial charge in [0.1, 0.15) is 11.5 Å². The number of carbonyl (C=O) groups excluding carboxylic acids is 1. The molecule has 0 atom stereocenters. The summed E-state index contributed by atoms with van der Waals surface area (Å²) < 4.78 is 12.9. The quantitative estimate of drug-likeness (QED) is 0.679. The summed E-state index contributed by atoms with van der Waals surface area (Å²) in [7, 11) is 0. The molecule has 0 saturated carbocycles. The molecule has 1 aromatic heterocycles. The number of aromatic nitrogens is 2. The van der Waals surface area contributed by atoms with Gasteiger partial charge in [0.2, 0.25) is 0 Å². The molecule has 98 valence electrons. The maximum atomic E-state index is 12.9. The van der Waals surface area contributed by atoms with Crippen LogP contribution in [0.25, 0.3) is 0 Å². The second-order valence-electron chi connectivity index (χ2n) is 3.56. The van der Waals surface area contributed by atoms with E-state index in [0.717, 1.165) is 12.1 Å². The van der Waals surface area contributed by atoms with Gasteiger partial charge in [-0.3, -0.25) is 10.4 Å². The minimum absolute atomic E-state index is 0.0475. The van der Waals surface area contributed by atoms with Gasteiger partial charge < -0.3 is 10.4 Å². The molecule has 7 nitrogen and oxygen atoms in total. The monoisotopic (exact) mass is 264 g/mol. The first-order valence-corrected chi connectivity index (χ1v) is 5.17. The van der Waals surface area contributed by atoms with Gasteiger partial charge in [0.15, 0.2) is 5.82 Å². The van der Waals surface area contributed by atoms with Crippen LogP contribution in [-0.4, -0.2) is 27.3 Å². The predicted molar refractivity (Wildman–Crippen MR) is 64.6 cm³/mol. The molecule has 0 aliphatic carbocycles. The molecule has 2 aromatic rings. The van der Waals surface area contributed by atoms with Crippen LogP contribution in [-0.2, 0) is 0 Å². The third-order valence-corrected chi connectivity index (χ3v) is 2.13. The second kappa shape index (κ2) is 5.17. The lowest BCUT2D eigenvalue weighted by atomic mass is 10.3. The summed E-state index contributed by atoms with van der Waals surface area (Å²) in [5, 5.41) is 19.2. The molecular formula is C11H9FN4O3. The fraction of sp³-hybridized carbons (Fsp3) is 0. The molecule has 1 heterocycles. The lowest BCUT2D eigenvalue weighted by Gasteiger charge is -2.04. The van der Waals surface area contributed by atoms with Gasteiger partial charge in [-0.2, -0.15) is 5.10 Å². The molecule has 0 fully saturated rings. The highest BCUT2D eigenvalue weighted by Crippen LogP contribution is 2.10. The second-order valence-corrected chi connectivity index (χ2v) is 3.56. The van der Waals surface area contributed by atoms with Crippen molar-refractivity contribution in [2.75, 3.05) is 10.6 Å². The van der Waals surface area contributed by atoms with Crippen LogP contribution in [0, 0.1) is 5.82 Å². The number of nitrogens with one attached hydrogen (secondary N) is 3. The van der Waals surface area contributed by atoms with E-state index >= 15 is 0 Å². The van der Waals surface area contributed by atoms with E-state index in [0.29, 0.717) is 0 Å². The molecule has 0 aliphatic rings. The van der Waals surface area contributed by atoms with Crippen molar-refractivity contribution in [3.05, 3.63) is 41.8 Å². The Morgan fingerprint density at radius 2 is 2.05 bits per heavy atom. The summed E-state index contributed by atoms with van der Waals surface area (Å²) in [5.41, 5.74) is 0.118. The maximum Gasteiger partial charge on any atom is 0.353 e. The van der Waals surface area contributed by atoms with Crippen LogP contribution in [0.15, 0.2) is 30.3 Å². The molecule has 0 spiro atoms. The molecule has 0 radical (unpaired) electrons. The normalized spacial score (nSPS) is 9.95. The molecule has 0 unspecified atom stereocenters. The van der Waals surface area contributed by atoms with Gasteiger partial charge in [0, 0.05) is 11.8 Å².